The molecule has 0 aromatic heterocycles. The van der Waals surface area contributed by atoms with Crippen molar-refractivity contribution in [1.29, 1.82) is 0 Å². The van der Waals surface area contributed by atoms with E-state index < -0.39 is 0 Å². The molecule has 1 aromatic carbocycles. The van der Waals surface area contributed by atoms with Crippen LogP contribution in [0.15, 0.2) is 57.8 Å². The second-order valence-electron chi connectivity index (χ2n) is 9.02. The molecule has 1 aromatic rings. The monoisotopic (exact) mass is 456 g/mol. The van der Waals surface area contributed by atoms with Crippen molar-refractivity contribution in [1.82, 2.24) is 4.90 Å². The molecule has 0 aliphatic rings. The maximum absolute atomic E-state index is 11.9. The molecule has 0 spiro atoms. The minimum Gasteiger partial charge on any atom is -0.507 e. The largest absolute Gasteiger partial charge is 0.507 e. The first-order chi connectivity index (χ1) is 15.4. The molecule has 0 aliphatic carbocycles. The number of hydrogen-bond acceptors (Lipinski definition) is 5. The van der Waals surface area contributed by atoms with Crippen LogP contribution in [0, 0.1) is 5.92 Å². The summed E-state index contributed by atoms with van der Waals surface area (Å²) in [7, 11) is 5.68. The number of allylic oxidation sites excluding steroid dienone is 4. The van der Waals surface area contributed by atoms with Gasteiger partial charge >= 0.3 is 0 Å². The van der Waals surface area contributed by atoms with Crippen LogP contribution in [0.1, 0.15) is 60.5 Å². The summed E-state index contributed by atoms with van der Waals surface area (Å²) in [6.07, 6.45) is 3.99. The van der Waals surface area contributed by atoms with Gasteiger partial charge in [-0.2, -0.15) is 0 Å². The van der Waals surface area contributed by atoms with Gasteiger partial charge in [0.05, 0.1) is 12.7 Å². The number of rotatable bonds is 10. The number of ketones is 1. The van der Waals surface area contributed by atoms with Crippen molar-refractivity contribution in [2.45, 2.75) is 54.9 Å². The molecule has 5 nitrogen and oxygen atoms in total. The molecular weight excluding hydrogens is 412 g/mol. The Morgan fingerprint density at radius 1 is 1.18 bits per heavy atom. The van der Waals surface area contributed by atoms with E-state index >= 15 is 0 Å². The van der Waals surface area contributed by atoms with Gasteiger partial charge in [-0.1, -0.05) is 39.8 Å². The van der Waals surface area contributed by atoms with E-state index in [0.29, 0.717) is 6.54 Å². The highest BCUT2D eigenvalue weighted by atomic mass is 16.5. The maximum atomic E-state index is 11.9. The first-order valence-corrected chi connectivity index (χ1v) is 11.6. The fourth-order valence-electron chi connectivity index (χ4n) is 2.80. The van der Waals surface area contributed by atoms with E-state index in [9.17, 15) is 9.90 Å². The average molecular weight is 457 g/mol. The smallest absolute Gasteiger partial charge is 0.165 e. The van der Waals surface area contributed by atoms with Crippen molar-refractivity contribution in [2.24, 2.45) is 10.9 Å². The lowest BCUT2D eigenvalue weighted by molar-refractivity contribution is -0.113. The van der Waals surface area contributed by atoms with Gasteiger partial charge in [0.2, 0.25) is 0 Å². The predicted octanol–water partition coefficient (Wildman–Crippen LogP) is 6.52. The van der Waals surface area contributed by atoms with Crippen molar-refractivity contribution >= 4 is 17.6 Å². The number of methoxy groups -OCH3 is 1. The number of aliphatic hydroxyl groups excluding tert-OH is 1. The molecule has 0 bridgehead atoms. The van der Waals surface area contributed by atoms with Gasteiger partial charge in [-0.15, -0.1) is 0 Å². The van der Waals surface area contributed by atoms with Gasteiger partial charge in [-0.05, 0) is 87.7 Å². The lowest BCUT2D eigenvalue weighted by Gasteiger charge is -2.18. The molecule has 1 N–H and O–H groups in total. The Balaban J connectivity index is 0.00000235. The number of Topliss-reactive ketones (excluding diaryl/α,β-unsaturated/α-hetero) is 1. The molecule has 0 atom stereocenters. The van der Waals surface area contributed by atoms with Crippen LogP contribution in [0.5, 0.6) is 5.75 Å². The van der Waals surface area contributed by atoms with Crippen LogP contribution >= 0.6 is 0 Å². The highest BCUT2D eigenvalue weighted by molar-refractivity contribution is 6.12. The van der Waals surface area contributed by atoms with Crippen LogP contribution in [-0.2, 0) is 4.79 Å². The van der Waals surface area contributed by atoms with Gasteiger partial charge in [0.15, 0.2) is 5.78 Å². The molecule has 5 heteroatoms. The van der Waals surface area contributed by atoms with E-state index in [4.69, 9.17) is 4.74 Å². The topological polar surface area (TPSA) is 62.1 Å². The van der Waals surface area contributed by atoms with Gasteiger partial charge in [0, 0.05) is 19.3 Å². The summed E-state index contributed by atoms with van der Waals surface area (Å²) in [5, 5.41) is 10.6. The minimum atomic E-state index is -0.214. The van der Waals surface area contributed by atoms with Crippen molar-refractivity contribution in [3.05, 3.63) is 58.4 Å². The number of nitrogens with zero attached hydrogens (tertiary/aromatic N) is 2. The number of aliphatic imine (C=N–C) groups is 1. The molecule has 0 fully saturated rings. The zero-order valence-electron chi connectivity index (χ0n) is 22.3. The van der Waals surface area contributed by atoms with Crippen LogP contribution in [0.4, 0.5) is 0 Å². The number of hydrogen-bond donors (Lipinski definition) is 1. The van der Waals surface area contributed by atoms with Crippen LogP contribution in [0.3, 0.4) is 0 Å². The molecule has 0 aliphatic heterocycles. The highest BCUT2D eigenvalue weighted by Crippen LogP contribution is 2.27. The zero-order valence-corrected chi connectivity index (χ0v) is 22.3. The van der Waals surface area contributed by atoms with E-state index in [1.54, 1.807) is 13.2 Å². The van der Waals surface area contributed by atoms with E-state index in [0.717, 1.165) is 46.9 Å². The summed E-state index contributed by atoms with van der Waals surface area (Å²) in [5.41, 5.74) is 4.32. The third kappa shape index (κ3) is 12.2. The summed E-state index contributed by atoms with van der Waals surface area (Å²) in [5.74, 6) is 1.35. The van der Waals surface area contributed by atoms with Gasteiger partial charge in [-0.25, -0.2) is 0 Å². The Kier molecular flexibility index (Phi) is 14.7. The number of ether oxygens (including phenoxy) is 1. The molecule has 0 saturated heterocycles. The number of benzene rings is 1. The van der Waals surface area contributed by atoms with E-state index in [1.807, 2.05) is 59.1 Å². The third-order valence-corrected chi connectivity index (χ3v) is 4.52. The Hall–Kier alpha value is -2.66. The molecule has 0 heterocycles. The highest BCUT2D eigenvalue weighted by Gasteiger charge is 2.12. The average Bonchev–Trinajstić information content (AvgIpc) is 2.73. The molecule has 1 rings (SSSR count). The summed E-state index contributed by atoms with van der Waals surface area (Å²) >= 11 is 0. The van der Waals surface area contributed by atoms with Crippen molar-refractivity contribution in [3.8, 4) is 5.75 Å². The Bertz CT molecular complexity index is 872. The number of aliphatic hydroxyl groups is 1. The lowest BCUT2D eigenvalue weighted by atomic mass is 9.95. The van der Waals surface area contributed by atoms with Crippen molar-refractivity contribution in [2.75, 3.05) is 34.3 Å². The SMILES string of the molecule is CC(C)C.CCCN=C\C(C(C)=O)=C(O)/C=C(C)/C(C)=C(/CN(C)C)c1cccc(OC)c1. The number of carbonyl (C=O) groups excluding carboxylic acids is 1. The standard InChI is InChI=1S/C24H34N2O3.C4H10/c1-8-12-25-15-22(19(4)27)24(28)13-17(2)18(3)23(16-26(5)6)20-10-9-11-21(14-20)29-7;1-4(2)3/h9-11,13-15,28H,8,12,16H2,1-7H3;4H,1-3H3/b17-13+,23-18-,24-22-,25-15?;. The molecule has 0 amide bonds. The Morgan fingerprint density at radius 2 is 1.79 bits per heavy atom. The minimum absolute atomic E-state index is 0.0657. The molecule has 184 valence electrons. The summed E-state index contributed by atoms with van der Waals surface area (Å²) in [4.78, 5) is 18.2. The predicted molar refractivity (Wildman–Crippen MR) is 142 cm³/mol. The first kappa shape index (κ1) is 30.3. The fraction of sp³-hybridized carbons (Fsp3) is 0.500. The van der Waals surface area contributed by atoms with Gasteiger partial charge in [0.1, 0.15) is 11.5 Å². The molecule has 33 heavy (non-hydrogen) atoms. The van der Waals surface area contributed by atoms with Crippen molar-refractivity contribution in [3.63, 3.8) is 0 Å². The molecule has 0 unspecified atom stereocenters. The molecule has 0 saturated carbocycles. The zero-order chi connectivity index (χ0) is 25.6. The second kappa shape index (κ2) is 16.0. The Morgan fingerprint density at radius 3 is 2.27 bits per heavy atom. The lowest BCUT2D eigenvalue weighted by Crippen LogP contribution is -2.16. The van der Waals surface area contributed by atoms with E-state index in [1.165, 1.54) is 13.1 Å². The third-order valence-electron chi connectivity index (χ3n) is 4.52. The van der Waals surface area contributed by atoms with Gasteiger partial charge < -0.3 is 14.7 Å². The normalized spacial score (nSPS) is 13.5. The van der Waals surface area contributed by atoms with Crippen LogP contribution in [0.2, 0.25) is 0 Å². The van der Waals surface area contributed by atoms with Crippen molar-refractivity contribution < 1.29 is 14.6 Å². The summed E-state index contributed by atoms with van der Waals surface area (Å²) in [6, 6.07) is 7.93. The summed E-state index contributed by atoms with van der Waals surface area (Å²) < 4.78 is 5.37. The van der Waals surface area contributed by atoms with E-state index in [-0.39, 0.29) is 17.1 Å². The quantitative estimate of drug-likeness (QED) is 0.188. The number of carbonyl (C=O) groups is 1. The van der Waals surface area contributed by atoms with Crippen LogP contribution < -0.4 is 4.74 Å². The van der Waals surface area contributed by atoms with Crippen LogP contribution in [-0.4, -0.2) is 56.3 Å². The fourth-order valence-corrected chi connectivity index (χ4v) is 2.80. The first-order valence-electron chi connectivity index (χ1n) is 11.6. The van der Waals surface area contributed by atoms with Crippen LogP contribution in [0.25, 0.3) is 5.57 Å². The molecular formula is C28H44N2O3. The maximum Gasteiger partial charge on any atom is 0.165 e. The van der Waals surface area contributed by atoms with E-state index in [2.05, 4.69) is 30.7 Å². The summed E-state index contributed by atoms with van der Waals surface area (Å²) in [6.45, 7) is 15.2. The number of likely N-dealkylation sites (N-methyl/N-ethyl adjacent to an activating group) is 1. The van der Waals surface area contributed by atoms with Gasteiger partial charge in [0.25, 0.3) is 0 Å². The van der Waals surface area contributed by atoms with Gasteiger partial charge in [-0.3, -0.25) is 9.79 Å². The second-order valence-corrected chi connectivity index (χ2v) is 9.02. The Labute approximate surface area is 201 Å². The molecule has 0 radical (unpaired) electrons.